The number of amides is 2. The van der Waals surface area contributed by atoms with Gasteiger partial charge in [0.15, 0.2) is 0 Å². The van der Waals surface area contributed by atoms with E-state index in [1.54, 1.807) is 17.3 Å². The first kappa shape index (κ1) is 18.2. The van der Waals surface area contributed by atoms with Gasteiger partial charge in [-0.2, -0.15) is 0 Å². The average Bonchev–Trinajstić information content (AvgIpc) is 3.24. The topological polar surface area (TPSA) is 61.4 Å². The van der Waals surface area contributed by atoms with Crippen LogP contribution in [0.25, 0.3) is 10.6 Å². The average molecular weight is 409 g/mol. The summed E-state index contributed by atoms with van der Waals surface area (Å²) in [6.45, 7) is 0.899. The minimum atomic E-state index is -0.231. The zero-order chi connectivity index (χ0) is 19.8. The monoisotopic (exact) mass is 409 g/mol. The summed E-state index contributed by atoms with van der Waals surface area (Å²) in [5.41, 5.74) is 3.63. The highest BCUT2D eigenvalue weighted by molar-refractivity contribution is 7.13. The number of hydrogen-bond donors (Lipinski definition) is 1. The quantitative estimate of drug-likeness (QED) is 0.607. The predicted octanol–water partition coefficient (Wildman–Crippen LogP) is 5.17. The molecule has 8 heteroatoms. The molecule has 6 nitrogen and oxygen atoms in total. The molecule has 2 aliphatic heterocycles. The second kappa shape index (κ2) is 7.53. The molecule has 4 heterocycles. The standard InChI is InChI=1S/C21H20FN5OS/c22-27-10-2-1-3-18(27)15-4-5-16-12-26(21(28)24-17(16)11-15)19-13-29-20(25-19)14-6-8-23-9-7-14/h4-9,11,13,18H,1-3,10,12H2,(H,24,28). The van der Waals surface area contributed by atoms with Crippen LogP contribution in [0.2, 0.25) is 0 Å². The molecular formula is C21H20FN5OS. The van der Waals surface area contributed by atoms with Crippen LogP contribution in [0.4, 0.5) is 20.8 Å². The van der Waals surface area contributed by atoms with Gasteiger partial charge in [-0.15, -0.1) is 20.9 Å². The van der Waals surface area contributed by atoms with Crippen molar-refractivity contribution in [3.05, 3.63) is 59.2 Å². The fourth-order valence-corrected chi connectivity index (χ4v) is 4.72. The van der Waals surface area contributed by atoms with E-state index in [0.717, 1.165) is 51.8 Å². The summed E-state index contributed by atoms with van der Waals surface area (Å²) < 4.78 is 14.2. The van der Waals surface area contributed by atoms with Gasteiger partial charge in [0.2, 0.25) is 0 Å². The Morgan fingerprint density at radius 3 is 2.86 bits per heavy atom. The van der Waals surface area contributed by atoms with Crippen LogP contribution in [0.1, 0.15) is 36.4 Å². The van der Waals surface area contributed by atoms with E-state index in [1.807, 2.05) is 35.7 Å². The Morgan fingerprint density at radius 2 is 2.03 bits per heavy atom. The van der Waals surface area contributed by atoms with Crippen LogP contribution in [0.5, 0.6) is 0 Å². The number of urea groups is 1. The van der Waals surface area contributed by atoms with Crippen molar-refractivity contribution < 1.29 is 9.28 Å². The van der Waals surface area contributed by atoms with Crippen LogP contribution in [0.3, 0.4) is 0 Å². The minimum absolute atomic E-state index is 0.220. The lowest BCUT2D eigenvalue weighted by Crippen LogP contribution is -2.39. The van der Waals surface area contributed by atoms with Gasteiger partial charge >= 0.3 is 6.03 Å². The van der Waals surface area contributed by atoms with Crippen LogP contribution in [-0.2, 0) is 6.54 Å². The molecule has 2 aliphatic rings. The third-order valence-corrected chi connectivity index (χ3v) is 6.35. The Hall–Kier alpha value is -2.84. The first-order valence-corrected chi connectivity index (χ1v) is 10.6. The Labute approximate surface area is 172 Å². The molecule has 1 saturated heterocycles. The Morgan fingerprint density at radius 1 is 1.17 bits per heavy atom. The molecule has 0 spiro atoms. The molecular weight excluding hydrogens is 389 g/mol. The van der Waals surface area contributed by atoms with E-state index in [0.29, 0.717) is 18.9 Å². The highest BCUT2D eigenvalue weighted by Crippen LogP contribution is 2.36. The van der Waals surface area contributed by atoms with Gasteiger partial charge in [-0.05, 0) is 42.2 Å². The van der Waals surface area contributed by atoms with Crippen LogP contribution < -0.4 is 10.2 Å². The molecule has 5 rings (SSSR count). The van der Waals surface area contributed by atoms with Gasteiger partial charge in [-0.1, -0.05) is 18.6 Å². The number of fused-ring (bicyclic) bond motifs is 1. The number of nitrogens with zero attached hydrogens (tertiary/aromatic N) is 4. The molecule has 3 aromatic rings. The fourth-order valence-electron chi connectivity index (χ4n) is 3.91. The van der Waals surface area contributed by atoms with E-state index >= 15 is 0 Å². The molecule has 29 heavy (non-hydrogen) atoms. The largest absolute Gasteiger partial charge is 0.327 e. The van der Waals surface area contributed by atoms with Crippen molar-refractivity contribution in [2.75, 3.05) is 16.8 Å². The Kier molecular flexibility index (Phi) is 4.73. The van der Waals surface area contributed by atoms with Crippen molar-refractivity contribution in [1.29, 1.82) is 0 Å². The van der Waals surface area contributed by atoms with Crippen molar-refractivity contribution in [3.8, 4) is 10.6 Å². The number of hydrogen-bond acceptors (Lipinski definition) is 5. The highest BCUT2D eigenvalue weighted by Gasteiger charge is 2.29. The summed E-state index contributed by atoms with van der Waals surface area (Å²) >= 11 is 1.49. The van der Waals surface area contributed by atoms with E-state index in [2.05, 4.69) is 15.3 Å². The zero-order valence-electron chi connectivity index (χ0n) is 15.7. The molecule has 1 unspecified atom stereocenters. The number of carbonyl (C=O) groups is 1. The molecule has 148 valence electrons. The third kappa shape index (κ3) is 3.49. The van der Waals surface area contributed by atoms with Gasteiger partial charge in [0, 0.05) is 35.6 Å². The Balaban J connectivity index is 1.39. The van der Waals surface area contributed by atoms with Crippen molar-refractivity contribution in [2.45, 2.75) is 31.8 Å². The summed E-state index contributed by atoms with van der Waals surface area (Å²) in [6, 6.07) is 9.21. The van der Waals surface area contributed by atoms with Crippen LogP contribution >= 0.6 is 11.3 Å². The van der Waals surface area contributed by atoms with Gasteiger partial charge < -0.3 is 5.32 Å². The molecule has 0 radical (unpaired) electrons. The van der Waals surface area contributed by atoms with Crippen molar-refractivity contribution in [3.63, 3.8) is 0 Å². The second-order valence-electron chi connectivity index (χ2n) is 7.31. The van der Waals surface area contributed by atoms with Gasteiger partial charge in [-0.3, -0.25) is 9.88 Å². The smallest absolute Gasteiger partial charge is 0.307 e. The maximum absolute atomic E-state index is 14.2. The van der Waals surface area contributed by atoms with Gasteiger partial charge in [0.1, 0.15) is 10.8 Å². The number of pyridine rings is 1. The lowest BCUT2D eigenvalue weighted by Gasteiger charge is -2.31. The number of carbonyl (C=O) groups excluding carboxylic acids is 1. The van der Waals surface area contributed by atoms with Crippen molar-refractivity contribution in [2.24, 2.45) is 0 Å². The highest BCUT2D eigenvalue weighted by atomic mass is 32.1. The van der Waals surface area contributed by atoms with E-state index in [9.17, 15) is 9.28 Å². The maximum Gasteiger partial charge on any atom is 0.327 e. The van der Waals surface area contributed by atoms with Gasteiger partial charge in [0.05, 0.1) is 12.6 Å². The predicted molar refractivity (Wildman–Crippen MR) is 111 cm³/mol. The second-order valence-corrected chi connectivity index (χ2v) is 8.17. The molecule has 1 fully saturated rings. The molecule has 0 bridgehead atoms. The minimum Gasteiger partial charge on any atom is -0.307 e. The van der Waals surface area contributed by atoms with Crippen LogP contribution in [-0.4, -0.2) is 27.7 Å². The molecule has 1 atom stereocenters. The summed E-state index contributed by atoms with van der Waals surface area (Å²) in [4.78, 5) is 23.0. The summed E-state index contributed by atoms with van der Waals surface area (Å²) in [5, 5.41) is 6.60. The molecule has 0 aliphatic carbocycles. The number of halogens is 1. The lowest BCUT2D eigenvalue weighted by atomic mass is 9.95. The van der Waals surface area contributed by atoms with Crippen LogP contribution in [0.15, 0.2) is 48.1 Å². The van der Waals surface area contributed by atoms with Crippen molar-refractivity contribution in [1.82, 2.24) is 15.1 Å². The molecule has 2 aromatic heterocycles. The zero-order valence-corrected chi connectivity index (χ0v) is 16.5. The third-order valence-electron chi connectivity index (χ3n) is 5.47. The van der Waals surface area contributed by atoms with Gasteiger partial charge in [0.25, 0.3) is 0 Å². The first-order chi connectivity index (χ1) is 14.2. The number of piperidine rings is 1. The lowest BCUT2D eigenvalue weighted by molar-refractivity contribution is -0.0459. The van der Waals surface area contributed by atoms with E-state index in [1.165, 1.54) is 11.3 Å². The van der Waals surface area contributed by atoms with Crippen molar-refractivity contribution >= 4 is 28.9 Å². The summed E-state index contributed by atoms with van der Waals surface area (Å²) in [6.07, 6.45) is 6.15. The molecule has 1 aromatic carbocycles. The SMILES string of the molecule is O=C1Nc2cc(C3CCCCN3F)ccc2CN1c1csc(-c2ccncc2)n1. The number of nitrogens with one attached hydrogen (secondary N) is 1. The first-order valence-electron chi connectivity index (χ1n) is 9.69. The summed E-state index contributed by atoms with van der Waals surface area (Å²) in [5.74, 6) is 0.622. The van der Waals surface area contributed by atoms with Gasteiger partial charge in [-0.25, -0.2) is 9.78 Å². The number of anilines is 2. The van der Waals surface area contributed by atoms with E-state index in [4.69, 9.17) is 0 Å². The molecule has 2 amide bonds. The molecule has 0 saturated carbocycles. The number of rotatable bonds is 3. The van der Waals surface area contributed by atoms with E-state index < -0.39 is 0 Å². The molecule has 1 N–H and O–H groups in total. The van der Waals surface area contributed by atoms with E-state index in [-0.39, 0.29) is 12.1 Å². The normalized spacial score (nSPS) is 19.7. The fraction of sp³-hybridized carbons (Fsp3) is 0.286. The summed E-state index contributed by atoms with van der Waals surface area (Å²) in [7, 11) is 0. The Bertz CT molecular complexity index is 1040. The maximum atomic E-state index is 14.2. The number of benzene rings is 1. The number of aromatic nitrogens is 2. The number of thiazole rings is 1. The van der Waals surface area contributed by atoms with Crippen LogP contribution in [0, 0.1) is 0 Å².